The van der Waals surface area contributed by atoms with Gasteiger partial charge in [-0.25, -0.2) is 4.98 Å². The van der Waals surface area contributed by atoms with Crippen molar-refractivity contribution >= 4 is 23.5 Å². The minimum Gasteiger partial charge on any atom is -0.361 e. The summed E-state index contributed by atoms with van der Waals surface area (Å²) in [5.41, 5.74) is -0.0394. The van der Waals surface area contributed by atoms with Crippen LogP contribution in [-0.4, -0.2) is 63.4 Å². The molecule has 3 rings (SSSR count). The van der Waals surface area contributed by atoms with E-state index in [2.05, 4.69) is 20.9 Å². The number of Topliss-reactive ketones (excluding diaryl/α,β-unsaturated/α-hetero) is 1. The van der Waals surface area contributed by atoms with Gasteiger partial charge in [-0.1, -0.05) is 58.0 Å². The van der Waals surface area contributed by atoms with E-state index in [9.17, 15) is 19.2 Å². The number of rotatable bonds is 14. The molecule has 1 aromatic carbocycles. The molecule has 0 unspecified atom stereocenters. The monoisotopic (exact) mass is 539 g/mol. The lowest BCUT2D eigenvalue weighted by molar-refractivity contribution is -0.133. The molecule has 212 valence electrons. The molecule has 2 heterocycles. The van der Waals surface area contributed by atoms with Crippen molar-refractivity contribution in [3.05, 3.63) is 54.1 Å². The van der Waals surface area contributed by atoms with Crippen LogP contribution in [0.4, 0.5) is 0 Å². The van der Waals surface area contributed by atoms with Crippen LogP contribution in [0, 0.1) is 11.8 Å². The Labute approximate surface area is 230 Å². The summed E-state index contributed by atoms with van der Waals surface area (Å²) in [4.78, 5) is 57.2. The number of imidazole rings is 1. The summed E-state index contributed by atoms with van der Waals surface area (Å²) < 4.78 is 6.92. The lowest BCUT2D eigenvalue weighted by Crippen LogP contribution is -2.57. The van der Waals surface area contributed by atoms with E-state index in [1.165, 1.54) is 6.20 Å². The fourth-order valence-electron chi connectivity index (χ4n) is 4.44. The van der Waals surface area contributed by atoms with E-state index in [1.807, 2.05) is 58.0 Å². The van der Waals surface area contributed by atoms with E-state index in [0.29, 0.717) is 19.4 Å². The lowest BCUT2D eigenvalue weighted by atomic mass is 9.93. The molecular formula is C29H41N5O5. The van der Waals surface area contributed by atoms with Crippen LogP contribution in [0.2, 0.25) is 0 Å². The molecule has 0 bridgehead atoms. The molecule has 1 fully saturated rings. The van der Waals surface area contributed by atoms with Crippen molar-refractivity contribution in [2.75, 3.05) is 6.61 Å². The Bertz CT molecular complexity index is 1160. The number of epoxide rings is 1. The highest BCUT2D eigenvalue weighted by molar-refractivity contribution is 5.99. The van der Waals surface area contributed by atoms with Crippen LogP contribution in [-0.2, 0) is 32.6 Å². The first-order valence-corrected chi connectivity index (χ1v) is 13.5. The van der Waals surface area contributed by atoms with E-state index >= 15 is 0 Å². The number of benzene rings is 1. The van der Waals surface area contributed by atoms with Gasteiger partial charge in [-0.3, -0.25) is 19.2 Å². The third kappa shape index (κ3) is 8.48. The third-order valence-corrected chi connectivity index (χ3v) is 6.71. The number of carbonyl (C=O) groups excluding carboxylic acids is 4. The average molecular weight is 540 g/mol. The number of amides is 3. The highest BCUT2D eigenvalue weighted by atomic mass is 16.6. The maximum absolute atomic E-state index is 13.6. The molecule has 0 saturated carbocycles. The predicted molar refractivity (Wildman–Crippen MR) is 147 cm³/mol. The first kappa shape index (κ1) is 30.0. The molecule has 3 N–H and O–H groups in total. The standard InChI is InChI=1S/C29H41N5O5/c1-18(2)14-21(24(35)29(5)17-39-29)31-27(37)23(16-20-10-8-7-9-11-20)32-26(36)22(15-19(3)4)33-28(38)25-30-12-13-34(25)6/h7-13,18-19,21-23H,14-17H2,1-6H3,(H,31,37)(H,32,36)(H,33,38)/t21-,22-,23-,29+/m0/s1. The van der Waals surface area contributed by atoms with Crippen LogP contribution < -0.4 is 16.0 Å². The van der Waals surface area contributed by atoms with Gasteiger partial charge in [0, 0.05) is 25.9 Å². The number of aryl methyl sites for hydroxylation is 1. The summed E-state index contributed by atoms with van der Waals surface area (Å²) in [6, 6.07) is 6.75. The Balaban J connectivity index is 1.81. The molecule has 1 saturated heterocycles. The SMILES string of the molecule is CC(C)C[C@H](NC(=O)c1nccn1C)C(=O)N[C@@H](Cc1ccccc1)C(=O)N[C@@H](CC(C)C)C(=O)[C@@]1(C)CO1. The van der Waals surface area contributed by atoms with Gasteiger partial charge in [0.25, 0.3) is 5.91 Å². The minimum atomic E-state index is -0.963. The second-order valence-electron chi connectivity index (χ2n) is 11.3. The summed E-state index contributed by atoms with van der Waals surface area (Å²) in [5.74, 6) is -1.17. The number of hydrogen-bond acceptors (Lipinski definition) is 6. The number of nitrogens with one attached hydrogen (secondary N) is 3. The topological polar surface area (TPSA) is 135 Å². The number of nitrogens with zero attached hydrogens (tertiary/aromatic N) is 2. The van der Waals surface area contributed by atoms with Crippen LogP contribution in [0.3, 0.4) is 0 Å². The molecule has 39 heavy (non-hydrogen) atoms. The number of ether oxygens (including phenoxy) is 1. The first-order chi connectivity index (χ1) is 18.4. The van der Waals surface area contributed by atoms with Gasteiger partial charge in [-0.05, 0) is 37.2 Å². The maximum Gasteiger partial charge on any atom is 0.287 e. The van der Waals surface area contributed by atoms with Crippen molar-refractivity contribution in [3.63, 3.8) is 0 Å². The van der Waals surface area contributed by atoms with Gasteiger partial charge < -0.3 is 25.3 Å². The molecule has 3 amide bonds. The van der Waals surface area contributed by atoms with Gasteiger partial charge in [-0.15, -0.1) is 0 Å². The fourth-order valence-corrected chi connectivity index (χ4v) is 4.44. The molecular weight excluding hydrogens is 498 g/mol. The maximum atomic E-state index is 13.6. The zero-order chi connectivity index (χ0) is 28.7. The second-order valence-corrected chi connectivity index (χ2v) is 11.3. The van der Waals surface area contributed by atoms with Gasteiger partial charge in [0.05, 0.1) is 12.6 Å². The van der Waals surface area contributed by atoms with Gasteiger partial charge in [0.2, 0.25) is 11.8 Å². The van der Waals surface area contributed by atoms with Crippen molar-refractivity contribution in [2.24, 2.45) is 18.9 Å². The number of carbonyl (C=O) groups is 4. The van der Waals surface area contributed by atoms with Crippen molar-refractivity contribution < 1.29 is 23.9 Å². The smallest absolute Gasteiger partial charge is 0.287 e. The fraction of sp³-hybridized carbons (Fsp3) is 0.552. The molecule has 1 aromatic heterocycles. The lowest BCUT2D eigenvalue weighted by Gasteiger charge is -2.27. The molecule has 4 atom stereocenters. The van der Waals surface area contributed by atoms with Gasteiger partial charge in [-0.2, -0.15) is 0 Å². The highest BCUT2D eigenvalue weighted by Crippen LogP contribution is 2.29. The Morgan fingerprint density at radius 1 is 0.923 bits per heavy atom. The van der Waals surface area contributed by atoms with Crippen LogP contribution in [0.1, 0.15) is 63.6 Å². The van der Waals surface area contributed by atoms with E-state index in [0.717, 1.165) is 5.56 Å². The zero-order valence-electron chi connectivity index (χ0n) is 23.7. The van der Waals surface area contributed by atoms with Crippen molar-refractivity contribution in [1.29, 1.82) is 0 Å². The normalized spacial score (nSPS) is 18.8. The summed E-state index contributed by atoms with van der Waals surface area (Å²) in [7, 11) is 1.70. The molecule has 10 heteroatoms. The van der Waals surface area contributed by atoms with E-state index < -0.39 is 41.4 Å². The van der Waals surface area contributed by atoms with Gasteiger partial charge in [0.1, 0.15) is 17.7 Å². The van der Waals surface area contributed by atoms with Gasteiger partial charge >= 0.3 is 0 Å². The van der Waals surface area contributed by atoms with Crippen molar-refractivity contribution in [3.8, 4) is 0 Å². The Hall–Kier alpha value is -3.53. The summed E-state index contributed by atoms with van der Waals surface area (Å²) in [5, 5.41) is 8.52. The summed E-state index contributed by atoms with van der Waals surface area (Å²) in [6.07, 6.45) is 4.19. The largest absolute Gasteiger partial charge is 0.361 e. The Kier molecular flexibility index (Phi) is 10.0. The molecule has 2 aromatic rings. The Morgan fingerprint density at radius 2 is 1.49 bits per heavy atom. The predicted octanol–water partition coefficient (Wildman–Crippen LogP) is 2.18. The molecule has 10 nitrogen and oxygen atoms in total. The number of hydrogen-bond donors (Lipinski definition) is 3. The van der Waals surface area contributed by atoms with E-state index in [4.69, 9.17) is 4.74 Å². The Morgan fingerprint density at radius 3 is 2.03 bits per heavy atom. The summed E-state index contributed by atoms with van der Waals surface area (Å²) >= 11 is 0. The molecule has 1 aliphatic heterocycles. The number of aromatic nitrogens is 2. The average Bonchev–Trinajstić information content (AvgIpc) is 3.48. The zero-order valence-corrected chi connectivity index (χ0v) is 23.7. The molecule has 0 aliphatic carbocycles. The first-order valence-electron chi connectivity index (χ1n) is 13.5. The van der Waals surface area contributed by atoms with Crippen molar-refractivity contribution in [2.45, 2.75) is 77.6 Å². The minimum absolute atomic E-state index is 0.0937. The van der Waals surface area contributed by atoms with Crippen LogP contribution in [0.15, 0.2) is 42.7 Å². The van der Waals surface area contributed by atoms with Crippen molar-refractivity contribution in [1.82, 2.24) is 25.5 Å². The second kappa shape index (κ2) is 13.0. The van der Waals surface area contributed by atoms with E-state index in [-0.39, 0.29) is 29.9 Å². The number of ketones is 1. The van der Waals surface area contributed by atoms with Crippen LogP contribution >= 0.6 is 0 Å². The van der Waals surface area contributed by atoms with Crippen LogP contribution in [0.5, 0.6) is 0 Å². The summed E-state index contributed by atoms with van der Waals surface area (Å²) in [6.45, 7) is 9.90. The molecule has 0 spiro atoms. The highest BCUT2D eigenvalue weighted by Gasteiger charge is 2.50. The van der Waals surface area contributed by atoms with Crippen LogP contribution in [0.25, 0.3) is 0 Å². The molecule has 0 radical (unpaired) electrons. The van der Waals surface area contributed by atoms with E-state index in [1.54, 1.807) is 24.7 Å². The third-order valence-electron chi connectivity index (χ3n) is 6.71. The molecule has 1 aliphatic rings. The quantitative estimate of drug-likeness (QED) is 0.315. The van der Waals surface area contributed by atoms with Gasteiger partial charge in [0.15, 0.2) is 11.6 Å².